The molecule has 1 aromatic carbocycles. The van der Waals surface area contributed by atoms with E-state index in [0.29, 0.717) is 32.7 Å². The van der Waals surface area contributed by atoms with Crippen molar-refractivity contribution in [2.75, 3.05) is 33.0 Å². The Morgan fingerprint density at radius 3 is 2.12 bits per heavy atom. The van der Waals surface area contributed by atoms with Crippen LogP contribution in [0.3, 0.4) is 0 Å². The first kappa shape index (κ1) is 24.9. The summed E-state index contributed by atoms with van der Waals surface area (Å²) in [6.07, 6.45) is 2.35. The molecule has 3 fully saturated rings. The van der Waals surface area contributed by atoms with Gasteiger partial charge in [-0.15, -0.1) is 0 Å². The monoisotopic (exact) mass is 463 g/mol. The van der Waals surface area contributed by atoms with Gasteiger partial charge >= 0.3 is 0 Å². The molecular formula is C26H41NO6. The zero-order valence-electron chi connectivity index (χ0n) is 21.1. The second-order valence-electron chi connectivity index (χ2n) is 11.4. The maximum Gasteiger partial charge on any atom is 0.171 e. The Morgan fingerprint density at radius 1 is 1.06 bits per heavy atom. The van der Waals surface area contributed by atoms with Crippen molar-refractivity contribution in [1.29, 1.82) is 0 Å². The zero-order chi connectivity index (χ0) is 23.9. The minimum atomic E-state index is -0.659. The van der Waals surface area contributed by atoms with E-state index in [0.717, 1.165) is 24.3 Å². The third kappa shape index (κ3) is 5.39. The maximum atomic E-state index is 9.86. The summed E-state index contributed by atoms with van der Waals surface area (Å²) in [5.41, 5.74) is 0.171. The summed E-state index contributed by atoms with van der Waals surface area (Å²) < 4.78 is 23.7. The van der Waals surface area contributed by atoms with Gasteiger partial charge in [-0.05, 0) is 58.7 Å². The lowest BCUT2D eigenvalue weighted by Crippen LogP contribution is -2.68. The van der Waals surface area contributed by atoms with Crippen LogP contribution in [0.5, 0.6) is 5.75 Å². The molecule has 0 radical (unpaired) electrons. The van der Waals surface area contributed by atoms with Crippen molar-refractivity contribution in [2.24, 2.45) is 5.41 Å². The van der Waals surface area contributed by atoms with Gasteiger partial charge in [0, 0.05) is 29.3 Å². The smallest absolute Gasteiger partial charge is 0.171 e. The van der Waals surface area contributed by atoms with Gasteiger partial charge in [0.05, 0.1) is 26.4 Å². The third-order valence-electron chi connectivity index (χ3n) is 7.32. The molecule has 186 valence electrons. The van der Waals surface area contributed by atoms with E-state index < -0.39 is 5.79 Å². The fraction of sp³-hybridized carbons (Fsp3) is 0.769. The van der Waals surface area contributed by atoms with E-state index in [-0.39, 0.29) is 35.3 Å². The average molecular weight is 464 g/mol. The highest BCUT2D eigenvalue weighted by Crippen LogP contribution is 2.49. The van der Waals surface area contributed by atoms with Gasteiger partial charge < -0.3 is 24.1 Å². The van der Waals surface area contributed by atoms with E-state index in [1.54, 1.807) is 0 Å². The van der Waals surface area contributed by atoms with Crippen LogP contribution in [0, 0.1) is 5.41 Å². The van der Waals surface area contributed by atoms with E-state index in [1.165, 1.54) is 0 Å². The summed E-state index contributed by atoms with van der Waals surface area (Å²) in [7, 11) is 0. The first-order chi connectivity index (χ1) is 15.5. The minimum Gasteiger partial charge on any atom is -0.491 e. The molecule has 1 spiro atoms. The number of aliphatic hydroxyl groups excluding tert-OH is 1. The van der Waals surface area contributed by atoms with Crippen molar-refractivity contribution in [3.63, 3.8) is 0 Å². The second-order valence-corrected chi connectivity index (χ2v) is 11.4. The van der Waals surface area contributed by atoms with Crippen LogP contribution in [0.4, 0.5) is 0 Å². The molecular weight excluding hydrogens is 422 g/mol. The number of hydrogen-bond acceptors (Lipinski definition) is 7. The van der Waals surface area contributed by atoms with E-state index in [2.05, 4.69) is 58.7 Å². The molecule has 2 unspecified atom stereocenters. The maximum absolute atomic E-state index is 9.86. The zero-order valence-corrected chi connectivity index (χ0v) is 21.1. The van der Waals surface area contributed by atoms with E-state index in [4.69, 9.17) is 23.8 Å². The summed E-state index contributed by atoms with van der Waals surface area (Å²) in [6, 6.07) is 8.10. The molecule has 0 amide bonds. The van der Waals surface area contributed by atoms with Crippen LogP contribution in [0.15, 0.2) is 24.3 Å². The van der Waals surface area contributed by atoms with Gasteiger partial charge in [-0.3, -0.25) is 4.84 Å². The largest absolute Gasteiger partial charge is 0.491 e. The number of hydrogen-bond donors (Lipinski definition) is 1. The highest BCUT2D eigenvalue weighted by atomic mass is 16.7. The first-order valence-corrected chi connectivity index (χ1v) is 12.2. The van der Waals surface area contributed by atoms with Gasteiger partial charge in [0.2, 0.25) is 0 Å². The first-order valence-electron chi connectivity index (χ1n) is 12.2. The molecule has 3 saturated heterocycles. The summed E-state index contributed by atoms with van der Waals surface area (Å²) >= 11 is 0. The Hall–Kier alpha value is -1.22. The van der Waals surface area contributed by atoms with Gasteiger partial charge in [-0.1, -0.05) is 19.1 Å². The highest BCUT2D eigenvalue weighted by Gasteiger charge is 2.57. The lowest BCUT2D eigenvalue weighted by atomic mass is 9.76. The van der Waals surface area contributed by atoms with Crippen LogP contribution in [-0.2, 0) is 19.0 Å². The number of epoxide rings is 1. The quantitative estimate of drug-likeness (QED) is 0.578. The molecule has 4 rings (SSSR count). The molecule has 3 heterocycles. The predicted octanol–water partition coefficient (Wildman–Crippen LogP) is 4.24. The Kier molecular flexibility index (Phi) is 6.86. The van der Waals surface area contributed by atoms with Crippen LogP contribution >= 0.6 is 0 Å². The van der Waals surface area contributed by atoms with Crippen LogP contribution in [0.2, 0.25) is 0 Å². The molecule has 2 atom stereocenters. The number of ether oxygens (including phenoxy) is 4. The standard InChI is InChI=1S/C26H41NO6/c1-7-25(16-28)17-31-26(32-18-25)14-23(3,4)27(24(5,6)15-26)33-19(2)20-8-10-21(11-9-20)29-12-22-13-30-22/h8-11,19,22,28H,7,12-18H2,1-6H3. The van der Waals surface area contributed by atoms with Crippen molar-refractivity contribution in [2.45, 2.75) is 89.9 Å². The van der Waals surface area contributed by atoms with E-state index in [1.807, 2.05) is 12.1 Å². The summed E-state index contributed by atoms with van der Waals surface area (Å²) in [6.45, 7) is 15.4. The molecule has 7 heteroatoms. The predicted molar refractivity (Wildman–Crippen MR) is 125 cm³/mol. The second kappa shape index (κ2) is 9.10. The van der Waals surface area contributed by atoms with Crippen LogP contribution in [-0.4, -0.2) is 66.2 Å². The molecule has 0 bridgehead atoms. The van der Waals surface area contributed by atoms with Gasteiger partial charge in [0.25, 0.3) is 0 Å². The van der Waals surface area contributed by atoms with E-state index >= 15 is 0 Å². The van der Waals surface area contributed by atoms with Crippen molar-refractivity contribution in [3.8, 4) is 5.75 Å². The molecule has 7 nitrogen and oxygen atoms in total. The lowest BCUT2D eigenvalue weighted by molar-refractivity contribution is -0.391. The molecule has 0 saturated carbocycles. The molecule has 3 aliphatic rings. The average Bonchev–Trinajstić information content (AvgIpc) is 3.60. The van der Waals surface area contributed by atoms with Crippen LogP contribution in [0.1, 0.15) is 72.5 Å². The number of rotatable bonds is 8. The molecule has 3 aliphatic heterocycles. The Labute approximate surface area is 198 Å². The van der Waals surface area contributed by atoms with Gasteiger partial charge in [-0.2, -0.15) is 5.06 Å². The topological polar surface area (TPSA) is 72.9 Å². The number of hydroxylamine groups is 2. The number of piperidine rings is 1. The fourth-order valence-corrected chi connectivity index (χ4v) is 5.30. The molecule has 33 heavy (non-hydrogen) atoms. The SMILES string of the molecule is CCC1(CO)COC2(CC(C)(C)N(OC(C)c3ccc(OCC4CO4)cc3)C(C)(C)C2)OC1. The van der Waals surface area contributed by atoms with Gasteiger partial charge in [0.15, 0.2) is 5.79 Å². The Balaban J connectivity index is 1.42. The van der Waals surface area contributed by atoms with Crippen molar-refractivity contribution in [1.82, 2.24) is 5.06 Å². The van der Waals surface area contributed by atoms with Crippen molar-refractivity contribution < 1.29 is 28.9 Å². The van der Waals surface area contributed by atoms with Gasteiger partial charge in [-0.25, -0.2) is 0 Å². The number of benzene rings is 1. The normalized spacial score (nSPS) is 28.4. The van der Waals surface area contributed by atoms with Crippen molar-refractivity contribution in [3.05, 3.63) is 29.8 Å². The Bertz CT molecular complexity index is 770. The lowest BCUT2D eigenvalue weighted by Gasteiger charge is -2.59. The molecule has 1 N–H and O–H groups in total. The van der Waals surface area contributed by atoms with E-state index in [9.17, 15) is 5.11 Å². The number of aliphatic hydroxyl groups is 1. The summed E-state index contributed by atoms with van der Waals surface area (Å²) in [5, 5.41) is 12.0. The van der Waals surface area contributed by atoms with Crippen LogP contribution in [0.25, 0.3) is 0 Å². The molecule has 0 aliphatic carbocycles. The number of nitrogens with zero attached hydrogens (tertiary/aromatic N) is 1. The van der Waals surface area contributed by atoms with Gasteiger partial charge in [0.1, 0.15) is 24.6 Å². The Morgan fingerprint density at radius 2 is 1.64 bits per heavy atom. The third-order valence-corrected chi connectivity index (χ3v) is 7.32. The highest BCUT2D eigenvalue weighted by molar-refractivity contribution is 5.28. The fourth-order valence-electron chi connectivity index (χ4n) is 5.30. The minimum absolute atomic E-state index is 0.0807. The van der Waals surface area contributed by atoms with Crippen LogP contribution < -0.4 is 4.74 Å². The molecule has 1 aromatic rings. The summed E-state index contributed by atoms with van der Waals surface area (Å²) in [5.74, 6) is 0.188. The molecule has 0 aromatic heterocycles. The summed E-state index contributed by atoms with van der Waals surface area (Å²) in [4.78, 5) is 6.59. The van der Waals surface area contributed by atoms with Crippen molar-refractivity contribution >= 4 is 0 Å².